The number of anilines is 2. The van der Waals surface area contributed by atoms with Crippen molar-refractivity contribution >= 4 is 40.6 Å². The van der Waals surface area contributed by atoms with Gasteiger partial charge < -0.3 is 10.2 Å². The Balaban J connectivity index is 1.65. The molecule has 0 radical (unpaired) electrons. The predicted octanol–water partition coefficient (Wildman–Crippen LogP) is 5.77. The van der Waals surface area contributed by atoms with Crippen molar-refractivity contribution in [2.75, 3.05) is 16.8 Å². The summed E-state index contributed by atoms with van der Waals surface area (Å²) in [5, 5.41) is 8.80. The van der Waals surface area contributed by atoms with Gasteiger partial charge in [0.1, 0.15) is 11.9 Å². The van der Waals surface area contributed by atoms with Gasteiger partial charge in [0.2, 0.25) is 0 Å². The van der Waals surface area contributed by atoms with Crippen molar-refractivity contribution in [1.82, 2.24) is 9.78 Å². The summed E-state index contributed by atoms with van der Waals surface area (Å²) in [7, 11) is 0. The minimum absolute atomic E-state index is 0.0162. The van der Waals surface area contributed by atoms with Crippen LogP contribution in [0.3, 0.4) is 0 Å². The van der Waals surface area contributed by atoms with Gasteiger partial charge in [-0.1, -0.05) is 47.5 Å². The Morgan fingerprint density at radius 2 is 1.97 bits per heavy atom. The number of halogens is 2. The van der Waals surface area contributed by atoms with E-state index in [1.165, 1.54) is 5.56 Å². The maximum atomic E-state index is 14.1. The number of hydrogen-bond acceptors (Lipinski definition) is 3. The Morgan fingerprint density at radius 3 is 2.77 bits per heavy atom. The lowest BCUT2D eigenvalue weighted by atomic mass is 9.92. The molecule has 0 saturated carbocycles. The summed E-state index contributed by atoms with van der Waals surface area (Å²) in [6, 6.07) is 13.2. The molecule has 1 atom stereocenters. The summed E-state index contributed by atoms with van der Waals surface area (Å²) in [5.74, 6) is 0.817. The first kappa shape index (κ1) is 20.2. The Hall–Kier alpha value is -2.76. The van der Waals surface area contributed by atoms with Gasteiger partial charge in [-0.2, -0.15) is 5.10 Å². The normalized spacial score (nSPS) is 17.8. The Kier molecular flexibility index (Phi) is 5.03. The van der Waals surface area contributed by atoms with Gasteiger partial charge in [-0.3, -0.25) is 4.79 Å². The summed E-state index contributed by atoms with van der Waals surface area (Å²) in [5.41, 5.74) is 5.69. The Bertz CT molecular complexity index is 1230. The molecular formula is C24H22Cl2N4O. The number of aryl methyl sites for hydroxylation is 2. The minimum Gasteiger partial charge on any atom is -0.344 e. The molecule has 158 valence electrons. The highest BCUT2D eigenvalue weighted by molar-refractivity contribution is 6.42. The number of amides is 1. The number of allylic oxidation sites excluding steroid dienone is 1. The number of para-hydroxylation sites is 1. The first-order valence-electron chi connectivity index (χ1n) is 10.3. The molecule has 0 spiro atoms. The number of carbonyl (C=O) groups is 1. The van der Waals surface area contributed by atoms with Gasteiger partial charge in [0.25, 0.3) is 5.91 Å². The van der Waals surface area contributed by atoms with Crippen LogP contribution in [0, 0.1) is 6.92 Å². The first-order valence-corrected chi connectivity index (χ1v) is 11.1. The predicted molar refractivity (Wildman–Crippen MR) is 125 cm³/mol. The highest BCUT2D eigenvalue weighted by atomic mass is 35.5. The van der Waals surface area contributed by atoms with Crippen molar-refractivity contribution in [3.63, 3.8) is 0 Å². The largest absolute Gasteiger partial charge is 0.344 e. The molecule has 31 heavy (non-hydrogen) atoms. The lowest BCUT2D eigenvalue weighted by Crippen LogP contribution is -2.41. The highest BCUT2D eigenvalue weighted by Gasteiger charge is 2.37. The van der Waals surface area contributed by atoms with Gasteiger partial charge in [0, 0.05) is 18.3 Å². The fraction of sp³-hybridized carbons (Fsp3) is 0.250. The zero-order valence-corrected chi connectivity index (χ0v) is 18.8. The second kappa shape index (κ2) is 7.74. The van der Waals surface area contributed by atoms with Crippen LogP contribution in [0.5, 0.6) is 0 Å². The molecule has 1 unspecified atom stereocenters. The number of hydrogen-bond donors (Lipinski definition) is 1. The molecule has 1 aromatic heterocycles. The van der Waals surface area contributed by atoms with Crippen LogP contribution in [0.1, 0.15) is 36.1 Å². The molecule has 0 fully saturated rings. The second-order valence-electron chi connectivity index (χ2n) is 8.04. The van der Waals surface area contributed by atoms with Crippen LogP contribution < -0.4 is 10.2 Å². The number of carbonyl (C=O) groups excluding carboxylic acids is 1. The van der Waals surface area contributed by atoms with E-state index in [1.54, 1.807) is 12.3 Å². The van der Waals surface area contributed by atoms with Gasteiger partial charge in [0.05, 0.1) is 27.5 Å². The maximum Gasteiger partial charge on any atom is 0.258 e. The van der Waals surface area contributed by atoms with E-state index in [-0.39, 0.29) is 5.91 Å². The molecule has 1 N–H and O–H groups in total. The third-order valence-corrected chi connectivity index (χ3v) is 6.80. The number of fused-ring (bicyclic) bond motifs is 2. The molecule has 0 saturated heterocycles. The van der Waals surface area contributed by atoms with Crippen LogP contribution in [0.25, 0.3) is 0 Å². The molecule has 5 nitrogen and oxygen atoms in total. The number of nitrogens with one attached hydrogen (secondary N) is 1. The third-order valence-electron chi connectivity index (χ3n) is 6.06. The highest BCUT2D eigenvalue weighted by Crippen LogP contribution is 2.40. The van der Waals surface area contributed by atoms with E-state index >= 15 is 0 Å². The van der Waals surface area contributed by atoms with Crippen molar-refractivity contribution in [3.05, 3.63) is 86.7 Å². The van der Waals surface area contributed by atoms with Gasteiger partial charge in [-0.15, -0.1) is 0 Å². The summed E-state index contributed by atoms with van der Waals surface area (Å²) in [4.78, 5) is 16.0. The molecule has 2 aliphatic rings. The lowest BCUT2D eigenvalue weighted by molar-refractivity contribution is -0.115. The van der Waals surface area contributed by atoms with Crippen LogP contribution in [0.4, 0.5) is 11.5 Å². The molecule has 2 aliphatic heterocycles. The van der Waals surface area contributed by atoms with Gasteiger partial charge in [0.15, 0.2) is 0 Å². The fourth-order valence-corrected chi connectivity index (χ4v) is 4.98. The number of rotatable bonds is 2. The standard InChI is InChI=1S/C24H22Cl2N4O/c1-14-5-3-6-16-7-4-12-29(22(14)16)24(31)21-15(2)28-20-10-11-27-30(20)23(21)17-8-9-18(25)19(26)13-17/h3,5-6,8-11,13,23,28H,4,7,12H2,1-2H3. The van der Waals surface area contributed by atoms with Crippen LogP contribution in [-0.4, -0.2) is 22.2 Å². The third kappa shape index (κ3) is 3.33. The van der Waals surface area contributed by atoms with E-state index in [9.17, 15) is 4.79 Å². The molecule has 2 aromatic carbocycles. The average Bonchev–Trinajstić information content (AvgIpc) is 3.22. The van der Waals surface area contributed by atoms with Crippen LogP contribution in [0.15, 0.2) is 59.9 Å². The van der Waals surface area contributed by atoms with E-state index in [0.717, 1.165) is 41.2 Å². The van der Waals surface area contributed by atoms with E-state index in [1.807, 2.05) is 34.7 Å². The SMILES string of the molecule is CC1=C(C(=O)N2CCCc3cccc(C)c32)C(c2ccc(Cl)c(Cl)c2)n2nccc2N1. The van der Waals surface area contributed by atoms with Gasteiger partial charge >= 0.3 is 0 Å². The topological polar surface area (TPSA) is 50.2 Å². The molecule has 3 aromatic rings. The monoisotopic (exact) mass is 452 g/mol. The molecule has 0 aliphatic carbocycles. The molecule has 7 heteroatoms. The van der Waals surface area contributed by atoms with Crippen molar-refractivity contribution < 1.29 is 4.79 Å². The number of aromatic nitrogens is 2. The zero-order valence-electron chi connectivity index (χ0n) is 17.3. The number of benzene rings is 2. The summed E-state index contributed by atoms with van der Waals surface area (Å²) >= 11 is 12.5. The van der Waals surface area contributed by atoms with Gasteiger partial charge in [-0.25, -0.2) is 4.68 Å². The lowest BCUT2D eigenvalue weighted by Gasteiger charge is -2.36. The van der Waals surface area contributed by atoms with E-state index in [2.05, 4.69) is 35.5 Å². The van der Waals surface area contributed by atoms with Crippen LogP contribution in [-0.2, 0) is 11.2 Å². The van der Waals surface area contributed by atoms with Crippen molar-refractivity contribution in [2.24, 2.45) is 0 Å². The quantitative estimate of drug-likeness (QED) is 0.536. The first-order chi connectivity index (χ1) is 15.0. The molecular weight excluding hydrogens is 431 g/mol. The Labute approximate surface area is 191 Å². The van der Waals surface area contributed by atoms with Crippen molar-refractivity contribution in [3.8, 4) is 0 Å². The molecule has 0 bridgehead atoms. The fourth-order valence-electron chi connectivity index (χ4n) is 4.67. The molecule has 1 amide bonds. The Morgan fingerprint density at radius 1 is 1.13 bits per heavy atom. The maximum absolute atomic E-state index is 14.1. The zero-order chi connectivity index (χ0) is 21.7. The second-order valence-corrected chi connectivity index (χ2v) is 8.86. The van der Waals surface area contributed by atoms with Crippen LogP contribution >= 0.6 is 23.2 Å². The van der Waals surface area contributed by atoms with E-state index < -0.39 is 6.04 Å². The van der Waals surface area contributed by atoms with Gasteiger partial charge in [-0.05, 0) is 55.5 Å². The summed E-state index contributed by atoms with van der Waals surface area (Å²) in [6.07, 6.45) is 3.65. The number of nitrogens with zero attached hydrogens (tertiary/aromatic N) is 3. The smallest absolute Gasteiger partial charge is 0.258 e. The van der Waals surface area contributed by atoms with E-state index in [0.29, 0.717) is 22.2 Å². The summed E-state index contributed by atoms with van der Waals surface area (Å²) in [6.45, 7) is 4.69. The van der Waals surface area contributed by atoms with Crippen molar-refractivity contribution in [1.29, 1.82) is 0 Å². The molecule has 5 rings (SSSR count). The van der Waals surface area contributed by atoms with E-state index in [4.69, 9.17) is 23.2 Å². The summed E-state index contributed by atoms with van der Waals surface area (Å²) < 4.78 is 1.84. The van der Waals surface area contributed by atoms with Crippen LogP contribution in [0.2, 0.25) is 10.0 Å². The average molecular weight is 453 g/mol. The van der Waals surface area contributed by atoms with Crippen molar-refractivity contribution in [2.45, 2.75) is 32.7 Å². The minimum atomic E-state index is -0.400. The molecule has 3 heterocycles.